The minimum atomic E-state index is -1.21. The summed E-state index contributed by atoms with van der Waals surface area (Å²) in [6.07, 6.45) is -0.701. The molecule has 0 aliphatic carbocycles. The second kappa shape index (κ2) is 6.23. The number of hydroxylamine groups is 1. The van der Waals surface area contributed by atoms with E-state index in [2.05, 4.69) is 4.84 Å². The number of para-hydroxylation sites is 2. The molecule has 112 valence electrons. The fraction of sp³-hybridized carbons (Fsp3) is 0.308. The summed E-state index contributed by atoms with van der Waals surface area (Å²) in [5, 5.41) is 8.40. The van der Waals surface area contributed by atoms with Gasteiger partial charge in [-0.25, -0.2) is 10.3 Å². The van der Waals surface area contributed by atoms with Crippen molar-refractivity contribution in [1.82, 2.24) is 5.48 Å². The lowest BCUT2D eigenvalue weighted by molar-refractivity contribution is -0.149. The fourth-order valence-corrected chi connectivity index (χ4v) is 1.88. The molecule has 0 aromatic heterocycles. The molecule has 1 atom stereocenters. The average Bonchev–Trinajstić information content (AvgIpc) is 2.43. The lowest BCUT2D eigenvalue weighted by Gasteiger charge is -2.32. The number of fused-ring (bicyclic) bond motifs is 1. The van der Waals surface area contributed by atoms with Crippen LogP contribution in [0.5, 0.6) is 5.75 Å². The molecule has 0 spiro atoms. The summed E-state index contributed by atoms with van der Waals surface area (Å²) in [4.78, 5) is 39.8. The molecule has 1 aromatic rings. The zero-order valence-corrected chi connectivity index (χ0v) is 11.2. The molecule has 0 fully saturated rings. The van der Waals surface area contributed by atoms with E-state index in [1.54, 1.807) is 31.2 Å². The van der Waals surface area contributed by atoms with Crippen LogP contribution < -0.4 is 15.1 Å². The third-order valence-electron chi connectivity index (χ3n) is 2.76. The number of aliphatic carboxylic acids is 1. The van der Waals surface area contributed by atoms with Gasteiger partial charge in [0.1, 0.15) is 12.3 Å². The molecular formula is C13H14N2O6. The molecule has 1 aliphatic heterocycles. The first-order valence-corrected chi connectivity index (χ1v) is 6.18. The molecule has 2 N–H and O–H groups in total. The van der Waals surface area contributed by atoms with Crippen LogP contribution in [0.3, 0.4) is 0 Å². The van der Waals surface area contributed by atoms with Crippen molar-refractivity contribution < 1.29 is 29.1 Å². The maximum absolute atomic E-state index is 12.1. The van der Waals surface area contributed by atoms with Crippen molar-refractivity contribution in [2.24, 2.45) is 0 Å². The first kappa shape index (κ1) is 14.8. The van der Waals surface area contributed by atoms with Crippen LogP contribution in [0, 0.1) is 0 Å². The lowest BCUT2D eigenvalue weighted by atomic mass is 10.2. The number of carbonyl (C=O) groups excluding carboxylic acids is 2. The zero-order valence-electron chi connectivity index (χ0n) is 11.2. The number of anilines is 1. The van der Waals surface area contributed by atoms with Crippen LogP contribution >= 0.6 is 0 Å². The number of rotatable bonds is 5. The summed E-state index contributed by atoms with van der Waals surface area (Å²) in [5.74, 6) is -1.70. The van der Waals surface area contributed by atoms with E-state index in [1.165, 1.54) is 4.90 Å². The minimum absolute atomic E-state index is 0.289. The van der Waals surface area contributed by atoms with Crippen molar-refractivity contribution in [3.05, 3.63) is 24.3 Å². The molecule has 8 heteroatoms. The van der Waals surface area contributed by atoms with Crippen molar-refractivity contribution in [2.75, 3.05) is 18.1 Å². The highest BCUT2D eigenvalue weighted by molar-refractivity contribution is 6.03. The van der Waals surface area contributed by atoms with E-state index in [1.807, 2.05) is 5.48 Å². The maximum Gasteiger partial charge on any atom is 0.332 e. The van der Waals surface area contributed by atoms with Gasteiger partial charge in [-0.2, -0.15) is 0 Å². The summed E-state index contributed by atoms with van der Waals surface area (Å²) >= 11 is 0. The first-order valence-electron chi connectivity index (χ1n) is 6.18. The number of carbonyl (C=O) groups is 3. The molecule has 0 radical (unpaired) electrons. The molecule has 2 amide bonds. The van der Waals surface area contributed by atoms with Gasteiger partial charge in [0.2, 0.25) is 0 Å². The van der Waals surface area contributed by atoms with Gasteiger partial charge in [-0.1, -0.05) is 12.1 Å². The number of nitrogens with one attached hydrogen (secondary N) is 1. The van der Waals surface area contributed by atoms with Gasteiger partial charge in [0.15, 0.2) is 12.7 Å². The van der Waals surface area contributed by atoms with Crippen LogP contribution in [0.1, 0.15) is 6.92 Å². The second-order valence-corrected chi connectivity index (χ2v) is 4.36. The van der Waals surface area contributed by atoms with E-state index in [0.29, 0.717) is 11.4 Å². The van der Waals surface area contributed by atoms with Crippen molar-refractivity contribution in [1.29, 1.82) is 0 Å². The van der Waals surface area contributed by atoms with E-state index in [4.69, 9.17) is 9.84 Å². The standard InChI is InChI=1S/C13H14N2O6/c1-8-13(19)15(6-11(16)14-20-7-12(17)18)9-4-2-3-5-10(9)21-8/h2-5,8H,6-7H2,1H3,(H,14,16)(H,17,18)/t8-/m0/s1. The number of nitrogens with zero attached hydrogens (tertiary/aromatic N) is 1. The number of carboxylic acids is 1. The van der Waals surface area contributed by atoms with Crippen LogP contribution in [0.4, 0.5) is 5.69 Å². The topological polar surface area (TPSA) is 105 Å². The molecule has 21 heavy (non-hydrogen) atoms. The Morgan fingerprint density at radius 2 is 2.14 bits per heavy atom. The summed E-state index contributed by atoms with van der Waals surface area (Å²) < 4.78 is 5.44. The largest absolute Gasteiger partial charge is 0.479 e. The summed E-state index contributed by atoms with van der Waals surface area (Å²) in [7, 11) is 0. The van der Waals surface area contributed by atoms with Crippen LogP contribution in [0.15, 0.2) is 24.3 Å². The van der Waals surface area contributed by atoms with Crippen molar-refractivity contribution in [2.45, 2.75) is 13.0 Å². The minimum Gasteiger partial charge on any atom is -0.479 e. The summed E-state index contributed by atoms with van der Waals surface area (Å²) in [5.41, 5.74) is 2.45. The summed E-state index contributed by atoms with van der Waals surface area (Å²) in [6.45, 7) is 0.642. The Balaban J connectivity index is 2.06. The number of benzene rings is 1. The number of carboxylic acid groups (broad SMARTS) is 1. The van der Waals surface area contributed by atoms with Gasteiger partial charge < -0.3 is 9.84 Å². The highest BCUT2D eigenvalue weighted by Gasteiger charge is 2.32. The van der Waals surface area contributed by atoms with Crippen molar-refractivity contribution in [3.63, 3.8) is 0 Å². The Bertz CT molecular complexity index is 574. The van der Waals surface area contributed by atoms with Crippen LogP contribution in [0.25, 0.3) is 0 Å². The van der Waals surface area contributed by atoms with Gasteiger partial charge in [0, 0.05) is 0 Å². The normalized spacial score (nSPS) is 16.9. The molecular weight excluding hydrogens is 280 g/mol. The van der Waals surface area contributed by atoms with Gasteiger partial charge in [-0.3, -0.25) is 19.3 Å². The third kappa shape index (κ3) is 3.48. The zero-order chi connectivity index (χ0) is 15.4. The monoisotopic (exact) mass is 294 g/mol. The molecule has 0 bridgehead atoms. The van der Waals surface area contributed by atoms with E-state index >= 15 is 0 Å². The third-order valence-corrected chi connectivity index (χ3v) is 2.76. The highest BCUT2D eigenvalue weighted by Crippen LogP contribution is 2.33. The molecule has 1 heterocycles. The Morgan fingerprint density at radius 3 is 2.86 bits per heavy atom. The number of amides is 2. The Kier molecular flexibility index (Phi) is 4.39. The second-order valence-electron chi connectivity index (χ2n) is 4.36. The van der Waals surface area contributed by atoms with Gasteiger partial charge in [0.25, 0.3) is 11.8 Å². The molecule has 1 aromatic carbocycles. The molecule has 0 saturated heterocycles. The van der Waals surface area contributed by atoms with Crippen LogP contribution in [0.2, 0.25) is 0 Å². The number of hydrogen-bond donors (Lipinski definition) is 2. The molecule has 8 nitrogen and oxygen atoms in total. The fourth-order valence-electron chi connectivity index (χ4n) is 1.88. The molecule has 0 saturated carbocycles. The average molecular weight is 294 g/mol. The van der Waals surface area contributed by atoms with Crippen LogP contribution in [-0.4, -0.2) is 42.1 Å². The van der Waals surface area contributed by atoms with Crippen molar-refractivity contribution >= 4 is 23.5 Å². The SMILES string of the molecule is C[C@@H]1Oc2ccccc2N(CC(=O)NOCC(=O)O)C1=O. The van der Waals surface area contributed by atoms with Gasteiger partial charge in [0.05, 0.1) is 5.69 Å². The van der Waals surface area contributed by atoms with Gasteiger partial charge in [-0.05, 0) is 19.1 Å². The van der Waals surface area contributed by atoms with E-state index < -0.39 is 24.6 Å². The maximum atomic E-state index is 12.1. The van der Waals surface area contributed by atoms with Crippen molar-refractivity contribution in [3.8, 4) is 5.75 Å². The lowest BCUT2D eigenvalue weighted by Crippen LogP contribution is -2.48. The molecule has 2 rings (SSSR count). The predicted octanol–water partition coefficient (Wildman–Crippen LogP) is -0.0671. The Hall–Kier alpha value is -2.61. The van der Waals surface area contributed by atoms with Gasteiger partial charge in [-0.15, -0.1) is 0 Å². The van der Waals surface area contributed by atoms with E-state index in [9.17, 15) is 14.4 Å². The van der Waals surface area contributed by atoms with Gasteiger partial charge >= 0.3 is 5.97 Å². The van der Waals surface area contributed by atoms with Crippen LogP contribution in [-0.2, 0) is 19.2 Å². The Labute approximate surface area is 120 Å². The smallest absolute Gasteiger partial charge is 0.332 e. The highest BCUT2D eigenvalue weighted by atomic mass is 16.7. The molecule has 0 unspecified atom stereocenters. The van der Waals surface area contributed by atoms with E-state index in [0.717, 1.165) is 0 Å². The first-order chi connectivity index (χ1) is 9.99. The predicted molar refractivity (Wildman–Crippen MR) is 70.6 cm³/mol. The summed E-state index contributed by atoms with van der Waals surface area (Å²) in [6, 6.07) is 6.83. The quantitative estimate of drug-likeness (QED) is 0.737. The molecule has 1 aliphatic rings. The number of hydrogen-bond acceptors (Lipinski definition) is 5. The van der Waals surface area contributed by atoms with E-state index in [-0.39, 0.29) is 12.5 Å². The Morgan fingerprint density at radius 1 is 1.43 bits per heavy atom. The number of ether oxygens (including phenoxy) is 1.